The lowest BCUT2D eigenvalue weighted by Crippen LogP contribution is -2.56. The van der Waals surface area contributed by atoms with Crippen LogP contribution in [-0.2, 0) is 4.79 Å². The van der Waals surface area contributed by atoms with Crippen LogP contribution in [0.1, 0.15) is 19.3 Å². The molecule has 0 spiro atoms. The number of benzene rings is 3. The summed E-state index contributed by atoms with van der Waals surface area (Å²) in [6, 6.07) is 13.5. The van der Waals surface area contributed by atoms with Crippen LogP contribution in [0.15, 0.2) is 60.9 Å². The molecule has 4 aromatic rings. The van der Waals surface area contributed by atoms with Gasteiger partial charge >= 0.3 is 6.01 Å². The molecule has 0 N–H and O–H groups in total. The summed E-state index contributed by atoms with van der Waals surface area (Å²) in [6.45, 7) is 12.4. The summed E-state index contributed by atoms with van der Waals surface area (Å²) in [5, 5.41) is 2.47. The second-order valence-electron chi connectivity index (χ2n) is 12.5. The van der Waals surface area contributed by atoms with E-state index in [4.69, 9.17) is 32.9 Å². The van der Waals surface area contributed by atoms with Crippen LogP contribution in [0, 0.1) is 12.4 Å². The molecule has 0 saturated carbocycles. The molecule has 242 valence electrons. The number of carbonyl (C=O) groups is 1. The van der Waals surface area contributed by atoms with Crippen molar-refractivity contribution in [2.24, 2.45) is 0 Å². The first-order valence-electron chi connectivity index (χ1n) is 15.6. The predicted molar refractivity (Wildman–Crippen MR) is 175 cm³/mol. The molecular weight excluding hydrogens is 629 g/mol. The number of carbonyl (C=O) groups excluding carboxylic acids is 1. The summed E-state index contributed by atoms with van der Waals surface area (Å²) in [4.78, 5) is 30.8. The molecule has 47 heavy (non-hydrogen) atoms. The van der Waals surface area contributed by atoms with Gasteiger partial charge in [-0.3, -0.25) is 9.69 Å². The number of anilines is 1. The number of alkyl halides is 1. The second kappa shape index (κ2) is 12.3. The van der Waals surface area contributed by atoms with Crippen LogP contribution in [0.2, 0.25) is 5.02 Å². The van der Waals surface area contributed by atoms with E-state index in [2.05, 4.69) is 16.3 Å². The normalized spacial score (nSPS) is 22.9. The Hall–Kier alpha value is -4.40. The molecule has 3 fully saturated rings. The van der Waals surface area contributed by atoms with Gasteiger partial charge in [0, 0.05) is 54.0 Å². The molecule has 8 nitrogen and oxygen atoms in total. The quantitative estimate of drug-likeness (QED) is 0.164. The minimum atomic E-state index is -1.09. The van der Waals surface area contributed by atoms with Gasteiger partial charge in [0.15, 0.2) is 5.83 Å². The molecule has 3 aliphatic rings. The lowest BCUT2D eigenvalue weighted by molar-refractivity contribution is -0.131. The summed E-state index contributed by atoms with van der Waals surface area (Å²) in [7, 11) is 0. The van der Waals surface area contributed by atoms with E-state index in [1.165, 1.54) is 11.0 Å². The van der Waals surface area contributed by atoms with E-state index >= 15 is 4.39 Å². The molecule has 7 rings (SSSR count). The van der Waals surface area contributed by atoms with Crippen LogP contribution in [0.5, 0.6) is 6.01 Å². The average molecular weight is 661 g/mol. The van der Waals surface area contributed by atoms with E-state index in [0.29, 0.717) is 51.2 Å². The molecule has 12 heteroatoms. The van der Waals surface area contributed by atoms with Crippen molar-refractivity contribution in [3.63, 3.8) is 0 Å². The molecule has 0 unspecified atom stereocenters. The van der Waals surface area contributed by atoms with Crippen molar-refractivity contribution in [1.29, 1.82) is 0 Å². The third-order valence-electron chi connectivity index (χ3n) is 9.70. The van der Waals surface area contributed by atoms with E-state index < -0.39 is 35.3 Å². The maximum absolute atomic E-state index is 16.2. The van der Waals surface area contributed by atoms with Crippen molar-refractivity contribution < 1.29 is 22.7 Å². The van der Waals surface area contributed by atoms with Gasteiger partial charge in [0.2, 0.25) is 6.54 Å². The molecule has 0 radical (unpaired) electrons. The first kappa shape index (κ1) is 31.2. The molecule has 3 aliphatic heterocycles. The van der Waals surface area contributed by atoms with Gasteiger partial charge in [-0.05, 0) is 48.5 Å². The van der Waals surface area contributed by atoms with Crippen molar-refractivity contribution in [3.8, 4) is 17.1 Å². The molecule has 1 amide bonds. The molecule has 3 atom stereocenters. The summed E-state index contributed by atoms with van der Waals surface area (Å²) >= 11 is 6.60. The fourth-order valence-corrected chi connectivity index (χ4v) is 7.81. The van der Waals surface area contributed by atoms with E-state index in [1.807, 2.05) is 35.2 Å². The number of amides is 1. The minimum absolute atomic E-state index is 0.0573. The summed E-state index contributed by atoms with van der Waals surface area (Å²) in [5.74, 6) is -2.10. The Morgan fingerprint density at radius 2 is 1.94 bits per heavy atom. The first-order chi connectivity index (χ1) is 22.7. The second-order valence-corrected chi connectivity index (χ2v) is 12.9. The zero-order valence-electron chi connectivity index (χ0n) is 25.6. The Labute approximate surface area is 275 Å². The van der Waals surface area contributed by atoms with Gasteiger partial charge in [-0.1, -0.05) is 48.5 Å². The minimum Gasteiger partial charge on any atom is -0.461 e. The van der Waals surface area contributed by atoms with Crippen molar-refractivity contribution in [2.75, 3.05) is 50.8 Å². The van der Waals surface area contributed by atoms with Crippen LogP contribution in [0.3, 0.4) is 0 Å². The Balaban J connectivity index is 1.32. The van der Waals surface area contributed by atoms with E-state index in [1.54, 1.807) is 12.1 Å². The van der Waals surface area contributed by atoms with Gasteiger partial charge in [0.25, 0.3) is 5.91 Å². The summed E-state index contributed by atoms with van der Waals surface area (Å²) in [5.41, 5.74) is 0.878. The largest absolute Gasteiger partial charge is 0.461 e. The van der Waals surface area contributed by atoms with Crippen LogP contribution in [0.4, 0.5) is 19.0 Å². The van der Waals surface area contributed by atoms with Crippen LogP contribution in [-0.4, -0.2) is 89.3 Å². The number of halogens is 4. The molecule has 0 aliphatic carbocycles. The molecule has 0 bridgehead atoms. The van der Waals surface area contributed by atoms with Crippen molar-refractivity contribution in [2.45, 2.75) is 37.0 Å². The number of rotatable bonds is 7. The SMILES string of the molecule is [C-]#[N+]C[C@H]1CN(c2nc(OC[C@@]34CCCN3C[C@H](F)C4)nc3cc(-c4cccc5cccc(Cl)c45)c(F)cc23)CCN1C(=O)C(=C)F. The van der Waals surface area contributed by atoms with Crippen LogP contribution in [0.25, 0.3) is 37.6 Å². The number of nitrogens with zero attached hydrogens (tertiary/aromatic N) is 6. The van der Waals surface area contributed by atoms with E-state index in [9.17, 15) is 13.6 Å². The third-order valence-corrected chi connectivity index (χ3v) is 10.0. The smallest absolute Gasteiger partial charge is 0.319 e. The van der Waals surface area contributed by atoms with Gasteiger partial charge < -0.3 is 19.4 Å². The summed E-state index contributed by atoms with van der Waals surface area (Å²) in [6.07, 6.45) is 1.20. The number of ether oxygens (including phenoxy) is 1. The predicted octanol–water partition coefficient (Wildman–Crippen LogP) is 6.62. The zero-order valence-corrected chi connectivity index (χ0v) is 26.3. The number of hydrogen-bond acceptors (Lipinski definition) is 6. The summed E-state index contributed by atoms with van der Waals surface area (Å²) < 4.78 is 50.8. The molecular formula is C35H32ClF3N6O2. The number of aromatic nitrogens is 2. The lowest BCUT2D eigenvalue weighted by Gasteiger charge is -2.39. The van der Waals surface area contributed by atoms with Crippen molar-refractivity contribution in [3.05, 3.63) is 83.2 Å². The highest BCUT2D eigenvalue weighted by molar-refractivity contribution is 6.36. The van der Waals surface area contributed by atoms with Gasteiger partial charge in [-0.2, -0.15) is 9.97 Å². The standard InChI is InChI=1S/C35H32ClF3N6O2/c1-21(37)33(46)45-13-12-43(19-24(45)17-40-2)32-27-14-29(39)26(25-8-3-6-22-7-4-9-28(36)31(22)25)15-30(27)41-34(42-32)47-20-35-10-5-11-44(35)18-23(38)16-35/h3-4,6-9,14-15,23-24H,1,5,10-13,16-20H2/t23-,24+,35+/m1/s1. The average Bonchev–Trinajstić information content (AvgIpc) is 3.58. The highest BCUT2D eigenvalue weighted by Crippen LogP contribution is 2.41. The fraction of sp³-hybridized carbons (Fsp3) is 0.371. The zero-order chi connectivity index (χ0) is 32.9. The lowest BCUT2D eigenvalue weighted by atomic mass is 9.95. The Morgan fingerprint density at radius 1 is 1.13 bits per heavy atom. The van der Waals surface area contributed by atoms with Gasteiger partial charge in [0.05, 0.1) is 11.1 Å². The monoisotopic (exact) mass is 660 g/mol. The van der Waals surface area contributed by atoms with Gasteiger partial charge in [-0.25, -0.2) is 19.7 Å². The number of hydrogen-bond donors (Lipinski definition) is 0. The molecule has 1 aromatic heterocycles. The highest BCUT2D eigenvalue weighted by atomic mass is 35.5. The van der Waals surface area contributed by atoms with Crippen LogP contribution < -0.4 is 9.64 Å². The molecule has 4 heterocycles. The molecule has 3 aromatic carbocycles. The number of fused-ring (bicyclic) bond motifs is 3. The third kappa shape index (κ3) is 5.63. The first-order valence-corrected chi connectivity index (χ1v) is 16.0. The topological polar surface area (TPSA) is 66.2 Å². The van der Waals surface area contributed by atoms with Crippen LogP contribution >= 0.6 is 11.6 Å². The Kier molecular flexibility index (Phi) is 8.18. The van der Waals surface area contributed by atoms with E-state index in [-0.39, 0.29) is 38.8 Å². The maximum Gasteiger partial charge on any atom is 0.319 e. The highest BCUT2D eigenvalue weighted by Gasteiger charge is 2.49. The van der Waals surface area contributed by atoms with Gasteiger partial charge in [-0.15, -0.1) is 0 Å². The van der Waals surface area contributed by atoms with Crippen molar-refractivity contribution in [1.82, 2.24) is 19.8 Å². The Morgan fingerprint density at radius 3 is 2.72 bits per heavy atom. The maximum atomic E-state index is 16.2. The van der Waals surface area contributed by atoms with Crippen molar-refractivity contribution >= 4 is 45.0 Å². The van der Waals surface area contributed by atoms with Gasteiger partial charge in [0.1, 0.15) is 30.5 Å². The Bertz CT molecular complexity index is 1950. The van der Waals surface area contributed by atoms with E-state index in [0.717, 1.165) is 24.8 Å². The number of piperazine rings is 1. The molecule has 3 saturated heterocycles. The fourth-order valence-electron chi connectivity index (χ4n) is 7.52.